The zero-order valence-corrected chi connectivity index (χ0v) is 18.6. The van der Waals surface area contributed by atoms with Crippen molar-refractivity contribution < 1.29 is 13.2 Å². The molecular formula is C18H23N7O3S2. The third-order valence-electron chi connectivity index (χ3n) is 4.81. The summed E-state index contributed by atoms with van der Waals surface area (Å²) in [5.41, 5.74) is 0.716. The highest BCUT2D eigenvalue weighted by Crippen LogP contribution is 2.34. The molecule has 0 radical (unpaired) electrons. The molecule has 1 fully saturated rings. The Labute approximate surface area is 179 Å². The van der Waals surface area contributed by atoms with Crippen molar-refractivity contribution in [1.29, 1.82) is 0 Å². The van der Waals surface area contributed by atoms with Crippen LogP contribution in [0, 0.1) is 0 Å². The van der Waals surface area contributed by atoms with Crippen molar-refractivity contribution in [1.82, 2.24) is 24.2 Å². The third-order valence-corrected chi connectivity index (χ3v) is 7.09. The summed E-state index contributed by atoms with van der Waals surface area (Å²) < 4.78 is 30.4. The van der Waals surface area contributed by atoms with Gasteiger partial charge in [0, 0.05) is 51.0 Å². The lowest BCUT2D eigenvalue weighted by molar-refractivity contribution is 0.122. The van der Waals surface area contributed by atoms with Gasteiger partial charge in [0.2, 0.25) is 16.0 Å². The third kappa shape index (κ3) is 4.36. The van der Waals surface area contributed by atoms with Crippen molar-refractivity contribution in [2.24, 2.45) is 0 Å². The van der Waals surface area contributed by atoms with E-state index in [1.807, 2.05) is 6.07 Å². The average Bonchev–Trinajstić information content (AvgIpc) is 3.15. The summed E-state index contributed by atoms with van der Waals surface area (Å²) in [4.78, 5) is 22.0. The molecule has 0 aromatic carbocycles. The largest absolute Gasteiger partial charge is 0.378 e. The van der Waals surface area contributed by atoms with Crippen molar-refractivity contribution in [3.05, 3.63) is 23.3 Å². The minimum absolute atomic E-state index is 0.289. The van der Waals surface area contributed by atoms with E-state index in [9.17, 15) is 8.42 Å². The molecule has 4 rings (SSSR count). The van der Waals surface area contributed by atoms with Gasteiger partial charge < -0.3 is 15.0 Å². The van der Waals surface area contributed by atoms with Crippen molar-refractivity contribution in [3.8, 4) is 11.4 Å². The standard InChI is InChI=1S/C18H23N7O3S2/c1-19-18-20-9-12(10-21-18)15-22-16(25-4-6-28-7-5-25)14-8-13(29-17(14)23-15)11-24(2)30(3,26)27/h8-10H,4-7,11H2,1-3H3,(H,19,20,21). The fourth-order valence-electron chi connectivity index (χ4n) is 3.09. The van der Waals surface area contributed by atoms with E-state index >= 15 is 0 Å². The smallest absolute Gasteiger partial charge is 0.222 e. The Morgan fingerprint density at radius 3 is 2.57 bits per heavy atom. The molecule has 1 N–H and O–H groups in total. The second kappa shape index (κ2) is 8.38. The number of hydrogen-bond donors (Lipinski definition) is 1. The minimum atomic E-state index is -3.27. The topological polar surface area (TPSA) is 113 Å². The molecule has 1 aliphatic rings. The molecule has 0 saturated carbocycles. The lowest BCUT2D eigenvalue weighted by atomic mass is 10.2. The number of anilines is 2. The monoisotopic (exact) mass is 449 g/mol. The number of sulfonamides is 1. The van der Waals surface area contributed by atoms with Crippen LogP contribution in [0.5, 0.6) is 0 Å². The van der Waals surface area contributed by atoms with E-state index in [1.54, 1.807) is 26.5 Å². The molecule has 0 unspecified atom stereocenters. The SMILES string of the molecule is CNc1ncc(-c2nc(N3CCOCC3)c3cc(CN(C)S(C)(=O)=O)sc3n2)cn1. The minimum Gasteiger partial charge on any atom is -0.378 e. The molecule has 1 saturated heterocycles. The number of nitrogens with zero attached hydrogens (tertiary/aromatic N) is 6. The van der Waals surface area contributed by atoms with Gasteiger partial charge in [-0.05, 0) is 6.07 Å². The van der Waals surface area contributed by atoms with Crippen molar-refractivity contribution >= 4 is 43.3 Å². The van der Waals surface area contributed by atoms with Crippen LogP contribution in [0.15, 0.2) is 18.5 Å². The molecule has 30 heavy (non-hydrogen) atoms. The number of ether oxygens (including phenoxy) is 1. The number of morpholine rings is 1. The fraction of sp³-hybridized carbons (Fsp3) is 0.444. The number of fused-ring (bicyclic) bond motifs is 1. The van der Waals surface area contributed by atoms with E-state index in [0.717, 1.165) is 34.0 Å². The number of hydrogen-bond acceptors (Lipinski definition) is 10. The van der Waals surface area contributed by atoms with E-state index in [4.69, 9.17) is 14.7 Å². The average molecular weight is 450 g/mol. The summed E-state index contributed by atoms with van der Waals surface area (Å²) in [5, 5.41) is 3.81. The summed E-state index contributed by atoms with van der Waals surface area (Å²) in [6.07, 6.45) is 4.58. The van der Waals surface area contributed by atoms with Crippen molar-refractivity contribution in [2.75, 3.05) is 56.9 Å². The predicted molar refractivity (Wildman–Crippen MR) is 117 cm³/mol. The molecule has 0 spiro atoms. The Balaban J connectivity index is 1.79. The highest BCUT2D eigenvalue weighted by molar-refractivity contribution is 7.88. The lowest BCUT2D eigenvalue weighted by Crippen LogP contribution is -2.37. The number of rotatable bonds is 6. The first-order chi connectivity index (χ1) is 14.3. The lowest BCUT2D eigenvalue weighted by Gasteiger charge is -2.28. The second-order valence-corrected chi connectivity index (χ2v) is 10.2. The summed E-state index contributed by atoms with van der Waals surface area (Å²) in [7, 11) is 0.0562. The van der Waals surface area contributed by atoms with Gasteiger partial charge >= 0.3 is 0 Å². The van der Waals surface area contributed by atoms with Gasteiger partial charge in [-0.15, -0.1) is 11.3 Å². The van der Waals surface area contributed by atoms with Gasteiger partial charge in [-0.1, -0.05) is 0 Å². The molecule has 10 nitrogen and oxygen atoms in total. The second-order valence-electron chi connectivity index (χ2n) is 6.97. The van der Waals surface area contributed by atoms with Gasteiger partial charge in [0.15, 0.2) is 5.82 Å². The number of aromatic nitrogens is 4. The Bertz CT molecular complexity index is 1140. The van der Waals surface area contributed by atoms with Crippen LogP contribution in [0.2, 0.25) is 0 Å². The van der Waals surface area contributed by atoms with E-state index in [0.29, 0.717) is 30.5 Å². The normalized spacial score (nSPS) is 15.1. The van der Waals surface area contributed by atoms with Crippen molar-refractivity contribution in [2.45, 2.75) is 6.54 Å². The van der Waals surface area contributed by atoms with Crippen LogP contribution < -0.4 is 10.2 Å². The molecular weight excluding hydrogens is 426 g/mol. The molecule has 4 heterocycles. The van der Waals surface area contributed by atoms with Crippen LogP contribution in [0.1, 0.15) is 4.88 Å². The van der Waals surface area contributed by atoms with Crippen LogP contribution >= 0.6 is 11.3 Å². The molecule has 3 aromatic heterocycles. The van der Waals surface area contributed by atoms with Gasteiger partial charge in [-0.25, -0.2) is 32.7 Å². The first-order valence-electron chi connectivity index (χ1n) is 9.40. The summed E-state index contributed by atoms with van der Waals surface area (Å²) >= 11 is 1.47. The van der Waals surface area contributed by atoms with Crippen LogP contribution in [-0.2, 0) is 21.3 Å². The molecule has 12 heteroatoms. The molecule has 160 valence electrons. The van der Waals surface area contributed by atoms with E-state index in [-0.39, 0.29) is 6.54 Å². The first-order valence-corrected chi connectivity index (χ1v) is 12.1. The number of nitrogens with one attached hydrogen (secondary N) is 1. The van der Waals surface area contributed by atoms with E-state index in [1.165, 1.54) is 21.9 Å². The van der Waals surface area contributed by atoms with Crippen LogP contribution in [0.3, 0.4) is 0 Å². The maximum Gasteiger partial charge on any atom is 0.222 e. The van der Waals surface area contributed by atoms with E-state index < -0.39 is 10.0 Å². The zero-order chi connectivity index (χ0) is 21.3. The Morgan fingerprint density at radius 1 is 1.23 bits per heavy atom. The summed E-state index contributed by atoms with van der Waals surface area (Å²) in [6.45, 7) is 3.02. The van der Waals surface area contributed by atoms with Gasteiger partial charge in [0.05, 0.1) is 30.4 Å². The van der Waals surface area contributed by atoms with Crippen molar-refractivity contribution in [3.63, 3.8) is 0 Å². The first kappa shape index (κ1) is 20.8. The van der Waals surface area contributed by atoms with Gasteiger partial charge in [-0.3, -0.25) is 0 Å². The molecule has 0 aliphatic carbocycles. The highest BCUT2D eigenvalue weighted by Gasteiger charge is 2.21. The molecule has 0 bridgehead atoms. The highest BCUT2D eigenvalue weighted by atomic mass is 32.2. The van der Waals surface area contributed by atoms with Crippen LogP contribution in [0.25, 0.3) is 21.6 Å². The molecule has 0 amide bonds. The van der Waals surface area contributed by atoms with Gasteiger partial charge in [0.1, 0.15) is 10.6 Å². The predicted octanol–water partition coefficient (Wildman–Crippen LogP) is 1.42. The quantitative estimate of drug-likeness (QED) is 0.597. The zero-order valence-electron chi connectivity index (χ0n) is 17.0. The molecule has 0 atom stereocenters. The molecule has 3 aromatic rings. The maximum atomic E-state index is 11.8. The summed E-state index contributed by atoms with van der Waals surface area (Å²) in [5.74, 6) is 1.88. The molecule has 1 aliphatic heterocycles. The Morgan fingerprint density at radius 2 is 1.93 bits per heavy atom. The Hall–Kier alpha value is -2.41. The van der Waals surface area contributed by atoms with E-state index in [2.05, 4.69) is 20.2 Å². The maximum absolute atomic E-state index is 11.8. The summed E-state index contributed by atoms with van der Waals surface area (Å²) in [6, 6.07) is 1.98. The Kier molecular flexibility index (Phi) is 5.82. The number of thiophene rings is 1. The van der Waals surface area contributed by atoms with Crippen LogP contribution in [0.4, 0.5) is 11.8 Å². The fourth-order valence-corrected chi connectivity index (χ4v) is 4.62. The van der Waals surface area contributed by atoms with Gasteiger partial charge in [0.25, 0.3) is 0 Å². The van der Waals surface area contributed by atoms with Gasteiger partial charge in [-0.2, -0.15) is 0 Å². The van der Waals surface area contributed by atoms with Crippen LogP contribution in [-0.4, -0.2) is 79.3 Å².